The molecule has 0 aliphatic carbocycles. The van der Waals surface area contributed by atoms with E-state index in [-0.39, 0.29) is 11.8 Å². The molecule has 0 bridgehead atoms. The Morgan fingerprint density at radius 1 is 1.22 bits per heavy atom. The van der Waals surface area contributed by atoms with E-state index in [2.05, 4.69) is 16.8 Å². The van der Waals surface area contributed by atoms with Crippen molar-refractivity contribution in [2.45, 2.75) is 39.0 Å². The van der Waals surface area contributed by atoms with E-state index in [1.165, 1.54) is 12.1 Å². The highest BCUT2D eigenvalue weighted by Crippen LogP contribution is 2.32. The van der Waals surface area contributed by atoms with Gasteiger partial charge in [0.15, 0.2) is 0 Å². The van der Waals surface area contributed by atoms with Crippen LogP contribution in [0.15, 0.2) is 12.1 Å². The number of benzene rings is 1. The average Bonchev–Trinajstić information content (AvgIpc) is 2.53. The van der Waals surface area contributed by atoms with Crippen molar-refractivity contribution in [3.63, 3.8) is 0 Å². The molecule has 0 N–H and O–H groups in total. The van der Waals surface area contributed by atoms with E-state index >= 15 is 0 Å². The highest BCUT2D eigenvalue weighted by atomic mass is 32.3. The number of hydrogen-bond donors (Lipinski definition) is 1. The number of piperazine rings is 1. The Morgan fingerprint density at radius 2 is 1.81 bits per heavy atom. The number of hydrogen-bond acceptors (Lipinski definition) is 7. The maximum Gasteiger partial charge on any atom is 0.488 e. The second kappa shape index (κ2) is 8.14. The highest BCUT2D eigenvalue weighted by Gasteiger charge is 2.27. The van der Waals surface area contributed by atoms with E-state index in [9.17, 15) is 17.1 Å². The van der Waals surface area contributed by atoms with Gasteiger partial charge in [0.1, 0.15) is 11.4 Å². The number of carbonyl (C=O) groups excluding carboxylic acids is 1. The Bertz CT molecular complexity index is 800. The minimum atomic E-state index is -5.11. The number of halogens is 1. The molecule has 10 heteroatoms. The summed E-state index contributed by atoms with van der Waals surface area (Å²) in [6, 6.07) is 2.95. The largest absolute Gasteiger partial charge is 0.488 e. The normalized spacial score (nSPS) is 15.6. The first kappa shape index (κ1) is 21.6. The zero-order chi connectivity index (χ0) is 20.4. The lowest BCUT2D eigenvalue weighted by Gasteiger charge is -2.37. The molecule has 7 nitrogen and oxygen atoms in total. The first-order valence-corrected chi connectivity index (χ1v) is 10.4. The lowest BCUT2D eigenvalue weighted by Crippen LogP contribution is -2.50. The summed E-state index contributed by atoms with van der Waals surface area (Å²) in [6.45, 7) is 9.29. The van der Waals surface area contributed by atoms with Gasteiger partial charge < -0.3 is 18.7 Å². The molecule has 0 aromatic heterocycles. The summed E-state index contributed by atoms with van der Waals surface area (Å²) in [4.78, 5) is 15.8. The minimum Gasteiger partial charge on any atom is -0.444 e. The highest BCUT2D eigenvalue weighted by molar-refractivity contribution is 7.81. The van der Waals surface area contributed by atoms with Crippen molar-refractivity contribution >= 4 is 34.9 Å². The Kier molecular flexibility index (Phi) is 6.51. The molecule has 0 unspecified atom stereocenters. The zero-order valence-corrected chi connectivity index (χ0v) is 17.6. The molecule has 1 aromatic rings. The molecule has 1 saturated heterocycles. The van der Waals surface area contributed by atoms with E-state index in [1.807, 2.05) is 32.6 Å². The molecule has 1 aliphatic rings. The van der Waals surface area contributed by atoms with Crippen molar-refractivity contribution in [1.82, 2.24) is 4.90 Å². The number of nitrogens with zero attached hydrogens (tertiary/aromatic N) is 2. The van der Waals surface area contributed by atoms with Crippen molar-refractivity contribution in [1.29, 1.82) is 0 Å². The van der Waals surface area contributed by atoms with Crippen molar-refractivity contribution < 1.29 is 26.0 Å². The second-order valence-electron chi connectivity index (χ2n) is 7.32. The number of carbonyl (C=O) groups is 1. The molecule has 1 aliphatic heterocycles. The van der Waals surface area contributed by atoms with Crippen LogP contribution in [0.25, 0.3) is 0 Å². The van der Waals surface area contributed by atoms with Gasteiger partial charge >= 0.3 is 16.6 Å². The molecule has 1 amide bonds. The Labute approximate surface area is 165 Å². The fraction of sp³-hybridized carbons (Fsp3) is 0.588. The molecule has 0 saturated carbocycles. The van der Waals surface area contributed by atoms with E-state index in [0.717, 1.165) is 16.8 Å². The van der Waals surface area contributed by atoms with Crippen molar-refractivity contribution in [3.8, 4) is 5.75 Å². The smallest absolute Gasteiger partial charge is 0.444 e. The Balaban J connectivity index is 2.17. The fourth-order valence-corrected chi connectivity index (χ4v) is 3.50. The van der Waals surface area contributed by atoms with Crippen molar-refractivity contribution in [3.05, 3.63) is 23.3 Å². The summed E-state index contributed by atoms with van der Waals surface area (Å²) in [7, 11) is -5.11. The topological polar surface area (TPSA) is 76.2 Å². The standard InChI is InChI=1S/C17H25FN2O5S2/c1-12-13(11-26)9-14(25-27(18,22)23)10-15(12)19-5-7-20(8-6-19)16(21)24-17(2,3)4/h9-10,26H,5-8,11H2,1-4H3. The summed E-state index contributed by atoms with van der Waals surface area (Å²) in [5, 5.41) is 0. The Morgan fingerprint density at radius 3 is 2.30 bits per heavy atom. The molecule has 152 valence electrons. The van der Waals surface area contributed by atoms with E-state index in [1.54, 1.807) is 4.90 Å². The number of anilines is 1. The van der Waals surface area contributed by atoms with Crippen LogP contribution in [0.3, 0.4) is 0 Å². The lowest BCUT2D eigenvalue weighted by atomic mass is 10.1. The van der Waals surface area contributed by atoms with Gasteiger partial charge in [0.25, 0.3) is 0 Å². The summed E-state index contributed by atoms with van der Waals surface area (Å²) in [5.41, 5.74) is 1.81. The third-order valence-electron chi connectivity index (χ3n) is 4.10. The Hall–Kier alpha value is -1.68. The van der Waals surface area contributed by atoms with Crippen LogP contribution in [-0.2, 0) is 21.0 Å². The van der Waals surface area contributed by atoms with Crippen molar-refractivity contribution in [2.75, 3.05) is 31.1 Å². The van der Waals surface area contributed by atoms with E-state index < -0.39 is 16.1 Å². The van der Waals surface area contributed by atoms with E-state index in [0.29, 0.717) is 31.9 Å². The molecule has 2 rings (SSSR count). The first-order chi connectivity index (χ1) is 12.4. The van der Waals surface area contributed by atoms with Gasteiger partial charge in [0, 0.05) is 43.7 Å². The van der Waals surface area contributed by atoms with Crippen LogP contribution in [0.1, 0.15) is 31.9 Å². The first-order valence-electron chi connectivity index (χ1n) is 8.51. The third kappa shape index (κ3) is 6.17. The van der Waals surface area contributed by atoms with Crippen LogP contribution in [0.4, 0.5) is 14.4 Å². The molecular formula is C17H25FN2O5S2. The van der Waals surface area contributed by atoms with E-state index in [4.69, 9.17) is 4.74 Å². The van der Waals surface area contributed by atoms with Crippen LogP contribution in [0, 0.1) is 6.92 Å². The molecule has 0 radical (unpaired) electrons. The molecule has 1 aromatic carbocycles. The molecular weight excluding hydrogens is 395 g/mol. The number of ether oxygens (including phenoxy) is 1. The average molecular weight is 421 g/mol. The number of rotatable bonds is 4. The van der Waals surface area contributed by atoms with Gasteiger partial charge in [-0.3, -0.25) is 0 Å². The molecule has 0 atom stereocenters. The zero-order valence-electron chi connectivity index (χ0n) is 15.9. The maximum absolute atomic E-state index is 12.9. The predicted octanol–water partition coefficient (Wildman–Crippen LogP) is 3.08. The maximum atomic E-state index is 12.9. The summed E-state index contributed by atoms with van der Waals surface area (Å²) >= 11 is 4.24. The third-order valence-corrected chi connectivity index (χ3v) is 4.83. The second-order valence-corrected chi connectivity index (χ2v) is 8.58. The van der Waals surface area contributed by atoms with Gasteiger partial charge in [-0.15, -0.1) is 0 Å². The molecule has 0 spiro atoms. The quantitative estimate of drug-likeness (QED) is 0.596. The predicted molar refractivity (Wildman–Crippen MR) is 105 cm³/mol. The van der Waals surface area contributed by atoms with Crippen LogP contribution in [0.2, 0.25) is 0 Å². The monoisotopic (exact) mass is 420 g/mol. The lowest BCUT2D eigenvalue weighted by molar-refractivity contribution is 0.0240. The summed E-state index contributed by atoms with van der Waals surface area (Å²) in [5.74, 6) is 0.247. The summed E-state index contributed by atoms with van der Waals surface area (Å²) < 4.78 is 44.4. The van der Waals surface area contributed by atoms with Gasteiger partial charge in [-0.25, -0.2) is 4.79 Å². The molecule has 1 heterocycles. The van der Waals surface area contributed by atoms with Gasteiger partial charge in [0.05, 0.1) is 0 Å². The van der Waals surface area contributed by atoms with Crippen LogP contribution in [0.5, 0.6) is 5.75 Å². The number of amides is 1. The van der Waals surface area contributed by atoms with Crippen LogP contribution >= 0.6 is 12.6 Å². The minimum absolute atomic E-state index is 0.100. The SMILES string of the molecule is Cc1c(CS)cc(OS(=O)(=O)F)cc1N1CCN(C(=O)OC(C)(C)C)CC1. The van der Waals surface area contributed by atoms with Crippen molar-refractivity contribution in [2.24, 2.45) is 0 Å². The van der Waals surface area contributed by atoms with Crippen LogP contribution in [-0.4, -0.2) is 51.2 Å². The number of thiol groups is 1. The van der Waals surface area contributed by atoms with Gasteiger partial charge in [-0.05, 0) is 44.9 Å². The van der Waals surface area contributed by atoms with Crippen LogP contribution < -0.4 is 9.08 Å². The van der Waals surface area contributed by atoms with Gasteiger partial charge in [0.2, 0.25) is 0 Å². The summed E-state index contributed by atoms with van der Waals surface area (Å²) in [6.07, 6.45) is -0.365. The molecule has 27 heavy (non-hydrogen) atoms. The fourth-order valence-electron chi connectivity index (χ4n) is 2.84. The van der Waals surface area contributed by atoms with Gasteiger partial charge in [-0.2, -0.15) is 21.0 Å². The van der Waals surface area contributed by atoms with Gasteiger partial charge in [-0.1, -0.05) is 3.89 Å². The molecule has 1 fully saturated rings.